The number of rotatable bonds is 4. The molecule has 0 aliphatic carbocycles. The predicted octanol–water partition coefficient (Wildman–Crippen LogP) is 3.29. The Hall–Kier alpha value is -2.37. The van der Waals surface area contributed by atoms with E-state index in [9.17, 15) is 13.5 Å². The third-order valence-corrected chi connectivity index (χ3v) is 5.81. The van der Waals surface area contributed by atoms with Crippen LogP contribution in [-0.4, -0.2) is 17.5 Å². The molecule has 0 spiro atoms. The lowest BCUT2D eigenvalue weighted by Gasteiger charge is -2.22. The van der Waals surface area contributed by atoms with E-state index >= 15 is 0 Å². The van der Waals surface area contributed by atoms with Crippen LogP contribution < -0.4 is 0 Å². The lowest BCUT2D eigenvalue weighted by atomic mass is 9.90. The Morgan fingerprint density at radius 1 is 0.917 bits per heavy atom. The minimum atomic E-state index is -3.67. The Bertz CT molecular complexity index is 940. The molecule has 0 saturated carbocycles. The highest BCUT2D eigenvalue weighted by atomic mass is 32.2. The standard InChI is InChI=1S/C19H19NO3S/c1-15-8-10-18(11-9-15)24(22,23)20-13-12-17(14-20)19(2,21)16-6-4-3-5-7-16/h3-14,21H,1-2H3. The van der Waals surface area contributed by atoms with Crippen molar-refractivity contribution in [1.82, 2.24) is 3.97 Å². The smallest absolute Gasteiger partial charge is 0.267 e. The summed E-state index contributed by atoms with van der Waals surface area (Å²) in [5.74, 6) is 0. The summed E-state index contributed by atoms with van der Waals surface area (Å²) in [7, 11) is -3.67. The van der Waals surface area contributed by atoms with E-state index in [2.05, 4.69) is 0 Å². The van der Waals surface area contributed by atoms with Gasteiger partial charge in [0.25, 0.3) is 10.0 Å². The molecule has 1 atom stereocenters. The fourth-order valence-electron chi connectivity index (χ4n) is 2.58. The second kappa shape index (κ2) is 5.92. The number of hydrogen-bond acceptors (Lipinski definition) is 3. The van der Waals surface area contributed by atoms with Gasteiger partial charge in [-0.15, -0.1) is 0 Å². The van der Waals surface area contributed by atoms with Crippen molar-refractivity contribution >= 4 is 10.0 Å². The van der Waals surface area contributed by atoms with E-state index in [1.54, 1.807) is 37.3 Å². The third kappa shape index (κ3) is 2.88. The van der Waals surface area contributed by atoms with Gasteiger partial charge in [0.2, 0.25) is 0 Å². The zero-order valence-electron chi connectivity index (χ0n) is 13.5. The zero-order valence-corrected chi connectivity index (χ0v) is 14.4. The number of nitrogens with zero attached hydrogens (tertiary/aromatic N) is 1. The molecule has 0 amide bonds. The molecule has 4 nitrogen and oxygen atoms in total. The van der Waals surface area contributed by atoms with E-state index in [0.29, 0.717) is 11.1 Å². The average Bonchev–Trinajstić information content (AvgIpc) is 3.08. The summed E-state index contributed by atoms with van der Waals surface area (Å²) in [4.78, 5) is 0.217. The topological polar surface area (TPSA) is 59.3 Å². The van der Waals surface area contributed by atoms with Crippen molar-refractivity contribution in [2.24, 2.45) is 0 Å². The fourth-order valence-corrected chi connectivity index (χ4v) is 3.77. The summed E-state index contributed by atoms with van der Waals surface area (Å²) in [6, 6.07) is 17.5. The Labute approximate surface area is 142 Å². The van der Waals surface area contributed by atoms with Gasteiger partial charge in [0.15, 0.2) is 0 Å². The number of aryl methyl sites for hydroxylation is 1. The van der Waals surface area contributed by atoms with Gasteiger partial charge in [-0.2, -0.15) is 0 Å². The molecule has 24 heavy (non-hydrogen) atoms. The molecule has 1 unspecified atom stereocenters. The van der Waals surface area contributed by atoms with Crippen molar-refractivity contribution in [2.45, 2.75) is 24.3 Å². The van der Waals surface area contributed by atoms with Gasteiger partial charge in [-0.3, -0.25) is 0 Å². The monoisotopic (exact) mass is 341 g/mol. The zero-order chi connectivity index (χ0) is 17.4. The summed E-state index contributed by atoms with van der Waals surface area (Å²) < 4.78 is 26.5. The maximum absolute atomic E-state index is 12.7. The van der Waals surface area contributed by atoms with E-state index in [0.717, 1.165) is 9.54 Å². The fraction of sp³-hybridized carbons (Fsp3) is 0.158. The predicted molar refractivity (Wildman–Crippen MR) is 93.3 cm³/mol. The minimum Gasteiger partial charge on any atom is -0.381 e. The molecular weight excluding hydrogens is 322 g/mol. The average molecular weight is 341 g/mol. The van der Waals surface area contributed by atoms with Crippen LogP contribution in [0.15, 0.2) is 78.0 Å². The van der Waals surface area contributed by atoms with E-state index in [1.165, 1.54) is 12.4 Å². The van der Waals surface area contributed by atoms with Crippen molar-refractivity contribution in [3.05, 3.63) is 89.7 Å². The van der Waals surface area contributed by atoms with Crippen molar-refractivity contribution in [3.63, 3.8) is 0 Å². The molecule has 1 N–H and O–H groups in total. The molecule has 0 aliphatic heterocycles. The van der Waals surface area contributed by atoms with Crippen molar-refractivity contribution in [2.75, 3.05) is 0 Å². The summed E-state index contributed by atoms with van der Waals surface area (Å²) in [5, 5.41) is 10.8. The van der Waals surface area contributed by atoms with Gasteiger partial charge in [0.05, 0.1) is 4.90 Å². The normalized spacial score (nSPS) is 14.3. The molecule has 0 aliphatic rings. The number of aromatic nitrogens is 1. The molecule has 5 heteroatoms. The van der Waals surface area contributed by atoms with Crippen molar-refractivity contribution in [3.8, 4) is 0 Å². The first-order valence-corrected chi connectivity index (χ1v) is 9.04. The lowest BCUT2D eigenvalue weighted by Crippen LogP contribution is -2.22. The van der Waals surface area contributed by atoms with E-state index in [4.69, 9.17) is 0 Å². The molecule has 3 rings (SSSR count). The summed E-state index contributed by atoms with van der Waals surface area (Å²) in [6.07, 6.45) is 2.92. The highest BCUT2D eigenvalue weighted by molar-refractivity contribution is 7.90. The molecule has 0 radical (unpaired) electrons. The summed E-state index contributed by atoms with van der Waals surface area (Å²) in [6.45, 7) is 3.56. The highest BCUT2D eigenvalue weighted by Gasteiger charge is 2.28. The van der Waals surface area contributed by atoms with E-state index < -0.39 is 15.6 Å². The van der Waals surface area contributed by atoms with Crippen LogP contribution in [0, 0.1) is 6.92 Å². The minimum absolute atomic E-state index is 0.217. The van der Waals surface area contributed by atoms with Crippen LogP contribution in [0.5, 0.6) is 0 Å². The molecule has 3 aromatic rings. The second-order valence-corrected chi connectivity index (χ2v) is 7.83. The van der Waals surface area contributed by atoms with Gasteiger partial charge in [-0.1, -0.05) is 48.0 Å². The molecule has 0 bridgehead atoms. The highest BCUT2D eigenvalue weighted by Crippen LogP contribution is 2.30. The first-order chi connectivity index (χ1) is 11.3. The quantitative estimate of drug-likeness (QED) is 0.792. The van der Waals surface area contributed by atoms with Gasteiger partial charge in [-0.25, -0.2) is 12.4 Å². The molecule has 2 aromatic carbocycles. The van der Waals surface area contributed by atoms with E-state index in [-0.39, 0.29) is 4.90 Å². The Morgan fingerprint density at radius 3 is 2.17 bits per heavy atom. The van der Waals surface area contributed by atoms with Gasteiger partial charge < -0.3 is 5.11 Å². The maximum Gasteiger partial charge on any atom is 0.267 e. The molecular formula is C19H19NO3S. The first-order valence-electron chi connectivity index (χ1n) is 7.60. The van der Waals surface area contributed by atoms with E-state index in [1.807, 2.05) is 37.3 Å². The maximum atomic E-state index is 12.7. The van der Waals surface area contributed by atoms with Crippen LogP contribution in [0.3, 0.4) is 0 Å². The Balaban J connectivity index is 2.00. The van der Waals surface area contributed by atoms with Gasteiger partial charge in [0, 0.05) is 18.0 Å². The Morgan fingerprint density at radius 2 is 1.54 bits per heavy atom. The third-order valence-electron chi connectivity index (χ3n) is 4.16. The summed E-state index contributed by atoms with van der Waals surface area (Å²) >= 11 is 0. The largest absolute Gasteiger partial charge is 0.381 e. The van der Waals surface area contributed by atoms with Crippen LogP contribution in [0.25, 0.3) is 0 Å². The lowest BCUT2D eigenvalue weighted by molar-refractivity contribution is 0.102. The summed E-state index contributed by atoms with van der Waals surface area (Å²) in [5.41, 5.74) is 0.948. The second-order valence-electron chi connectivity index (χ2n) is 5.99. The molecule has 1 aromatic heterocycles. The van der Waals surface area contributed by atoms with Crippen LogP contribution in [0.1, 0.15) is 23.6 Å². The Kier molecular flexibility index (Phi) is 4.07. The van der Waals surface area contributed by atoms with Crippen LogP contribution in [-0.2, 0) is 15.6 Å². The van der Waals surface area contributed by atoms with Crippen LogP contribution in [0.2, 0.25) is 0 Å². The van der Waals surface area contributed by atoms with Gasteiger partial charge in [-0.05, 0) is 37.6 Å². The van der Waals surface area contributed by atoms with Gasteiger partial charge in [0.1, 0.15) is 5.60 Å². The van der Waals surface area contributed by atoms with Gasteiger partial charge >= 0.3 is 0 Å². The van der Waals surface area contributed by atoms with Crippen molar-refractivity contribution in [1.29, 1.82) is 0 Å². The molecule has 0 saturated heterocycles. The first kappa shape index (κ1) is 16.5. The van der Waals surface area contributed by atoms with Crippen LogP contribution in [0.4, 0.5) is 0 Å². The number of hydrogen-bond donors (Lipinski definition) is 1. The molecule has 1 heterocycles. The van der Waals surface area contributed by atoms with Crippen LogP contribution >= 0.6 is 0 Å². The van der Waals surface area contributed by atoms with Crippen molar-refractivity contribution < 1.29 is 13.5 Å². The molecule has 0 fully saturated rings. The molecule has 124 valence electrons. The SMILES string of the molecule is Cc1ccc(S(=O)(=O)n2ccc(C(C)(O)c3ccccc3)c2)cc1. The number of benzene rings is 2. The number of aliphatic hydroxyl groups is 1.